The van der Waals surface area contributed by atoms with Gasteiger partial charge in [-0.1, -0.05) is 31.0 Å². The first-order valence-electron chi connectivity index (χ1n) is 5.24. The Morgan fingerprint density at radius 1 is 1.33 bits per heavy atom. The molecule has 0 saturated carbocycles. The molecular formula is C12H17Cl2N. The lowest BCUT2D eigenvalue weighted by Crippen LogP contribution is -2.18. The van der Waals surface area contributed by atoms with Crippen LogP contribution in [-0.2, 0) is 5.88 Å². The molecule has 84 valence electrons. The normalized spacial score (nSPS) is 10.4. The second-order valence-corrected chi connectivity index (χ2v) is 4.37. The van der Waals surface area contributed by atoms with E-state index >= 15 is 0 Å². The van der Waals surface area contributed by atoms with Crippen LogP contribution < -0.4 is 4.90 Å². The van der Waals surface area contributed by atoms with Crippen LogP contribution in [0, 0.1) is 0 Å². The number of unbranched alkanes of at least 4 members (excludes halogenated alkanes) is 1. The number of rotatable bonds is 5. The van der Waals surface area contributed by atoms with Gasteiger partial charge in [-0.25, -0.2) is 0 Å². The second kappa shape index (κ2) is 6.24. The molecule has 1 nitrogen and oxygen atoms in total. The van der Waals surface area contributed by atoms with E-state index in [1.165, 1.54) is 12.8 Å². The third kappa shape index (κ3) is 3.58. The van der Waals surface area contributed by atoms with Crippen LogP contribution >= 0.6 is 23.2 Å². The summed E-state index contributed by atoms with van der Waals surface area (Å²) < 4.78 is 0. The summed E-state index contributed by atoms with van der Waals surface area (Å²) in [6.07, 6.45) is 2.38. The highest BCUT2D eigenvalue weighted by molar-refractivity contribution is 6.33. The summed E-state index contributed by atoms with van der Waals surface area (Å²) >= 11 is 11.9. The van der Waals surface area contributed by atoms with E-state index in [-0.39, 0.29) is 0 Å². The molecule has 0 N–H and O–H groups in total. The van der Waals surface area contributed by atoms with Crippen molar-refractivity contribution in [3.63, 3.8) is 0 Å². The van der Waals surface area contributed by atoms with Crippen LogP contribution in [0.5, 0.6) is 0 Å². The fraction of sp³-hybridized carbons (Fsp3) is 0.500. The number of hydrogen-bond acceptors (Lipinski definition) is 1. The van der Waals surface area contributed by atoms with Crippen molar-refractivity contribution < 1.29 is 0 Å². The third-order valence-electron chi connectivity index (χ3n) is 2.42. The van der Waals surface area contributed by atoms with Crippen molar-refractivity contribution in [2.75, 3.05) is 18.5 Å². The Morgan fingerprint density at radius 2 is 2.07 bits per heavy atom. The number of halogens is 2. The highest BCUT2D eigenvalue weighted by atomic mass is 35.5. The van der Waals surface area contributed by atoms with Gasteiger partial charge in [-0.3, -0.25) is 0 Å². The molecule has 3 heteroatoms. The summed E-state index contributed by atoms with van der Waals surface area (Å²) in [7, 11) is 2.07. The fourth-order valence-electron chi connectivity index (χ4n) is 1.46. The zero-order valence-electron chi connectivity index (χ0n) is 9.26. The van der Waals surface area contributed by atoms with Gasteiger partial charge in [0.05, 0.1) is 10.7 Å². The molecule has 1 rings (SSSR count). The summed E-state index contributed by atoms with van der Waals surface area (Å²) in [4.78, 5) is 2.18. The molecule has 0 unspecified atom stereocenters. The summed E-state index contributed by atoms with van der Waals surface area (Å²) in [5.74, 6) is 0.513. The van der Waals surface area contributed by atoms with Gasteiger partial charge >= 0.3 is 0 Å². The molecule has 0 heterocycles. The van der Waals surface area contributed by atoms with E-state index in [0.29, 0.717) is 5.88 Å². The lowest BCUT2D eigenvalue weighted by atomic mass is 10.2. The molecule has 0 aromatic heterocycles. The average molecular weight is 246 g/mol. The van der Waals surface area contributed by atoms with E-state index < -0.39 is 0 Å². The SMILES string of the molecule is CCCCN(C)c1ccc(CCl)cc1Cl. The zero-order chi connectivity index (χ0) is 11.3. The standard InChI is InChI=1S/C12H17Cl2N/c1-3-4-7-15(2)12-6-5-10(9-13)8-11(12)14/h5-6,8H,3-4,7,9H2,1-2H3. The molecule has 0 aliphatic rings. The van der Waals surface area contributed by atoms with Crippen LogP contribution in [0.1, 0.15) is 25.3 Å². The highest BCUT2D eigenvalue weighted by Gasteiger charge is 2.05. The van der Waals surface area contributed by atoms with Crippen LogP contribution in [-0.4, -0.2) is 13.6 Å². The summed E-state index contributed by atoms with van der Waals surface area (Å²) in [5, 5.41) is 0.784. The van der Waals surface area contributed by atoms with Crippen molar-refractivity contribution >= 4 is 28.9 Å². The Labute approximate surface area is 102 Å². The van der Waals surface area contributed by atoms with E-state index in [4.69, 9.17) is 23.2 Å². The minimum atomic E-state index is 0.513. The van der Waals surface area contributed by atoms with E-state index in [1.807, 2.05) is 18.2 Å². The fourth-order valence-corrected chi connectivity index (χ4v) is 1.97. The maximum absolute atomic E-state index is 6.18. The quantitative estimate of drug-likeness (QED) is 0.699. The summed E-state index contributed by atoms with van der Waals surface area (Å²) in [5.41, 5.74) is 2.15. The summed E-state index contributed by atoms with van der Waals surface area (Å²) in [6.45, 7) is 3.22. The van der Waals surface area contributed by atoms with Crippen LogP contribution in [0.3, 0.4) is 0 Å². The molecular weight excluding hydrogens is 229 g/mol. The monoisotopic (exact) mass is 245 g/mol. The second-order valence-electron chi connectivity index (χ2n) is 3.69. The minimum absolute atomic E-state index is 0.513. The molecule has 1 aromatic carbocycles. The first-order valence-corrected chi connectivity index (χ1v) is 6.15. The van der Waals surface area contributed by atoms with E-state index in [0.717, 1.165) is 22.8 Å². The van der Waals surface area contributed by atoms with Gasteiger partial charge in [-0.2, -0.15) is 0 Å². The van der Waals surface area contributed by atoms with Crippen LogP contribution in [0.25, 0.3) is 0 Å². The maximum atomic E-state index is 6.18. The maximum Gasteiger partial charge on any atom is 0.0642 e. The van der Waals surface area contributed by atoms with Gasteiger partial charge in [-0.15, -0.1) is 11.6 Å². The van der Waals surface area contributed by atoms with Gasteiger partial charge in [-0.05, 0) is 24.1 Å². The number of nitrogens with zero attached hydrogens (tertiary/aromatic N) is 1. The average Bonchev–Trinajstić information content (AvgIpc) is 2.25. The molecule has 0 saturated heterocycles. The third-order valence-corrected chi connectivity index (χ3v) is 3.04. The van der Waals surface area contributed by atoms with Gasteiger partial charge in [0.1, 0.15) is 0 Å². The molecule has 0 radical (unpaired) electrons. The molecule has 1 aromatic rings. The Kier molecular flexibility index (Phi) is 5.27. The van der Waals surface area contributed by atoms with E-state index in [1.54, 1.807) is 0 Å². The van der Waals surface area contributed by atoms with Crippen LogP contribution in [0.15, 0.2) is 18.2 Å². The van der Waals surface area contributed by atoms with Crippen molar-refractivity contribution in [3.8, 4) is 0 Å². The predicted octanol–water partition coefficient (Wildman–Crippen LogP) is 4.32. The van der Waals surface area contributed by atoms with Crippen LogP contribution in [0.2, 0.25) is 5.02 Å². The minimum Gasteiger partial charge on any atom is -0.373 e. The Bertz CT molecular complexity index is 312. The van der Waals surface area contributed by atoms with Crippen molar-refractivity contribution in [2.45, 2.75) is 25.6 Å². The number of hydrogen-bond donors (Lipinski definition) is 0. The lowest BCUT2D eigenvalue weighted by Gasteiger charge is -2.20. The highest BCUT2D eigenvalue weighted by Crippen LogP contribution is 2.26. The van der Waals surface area contributed by atoms with Crippen molar-refractivity contribution in [2.24, 2.45) is 0 Å². The van der Waals surface area contributed by atoms with E-state index in [9.17, 15) is 0 Å². The largest absolute Gasteiger partial charge is 0.373 e. The Balaban J connectivity index is 2.76. The Morgan fingerprint density at radius 3 is 2.60 bits per heavy atom. The van der Waals surface area contributed by atoms with Gasteiger partial charge in [0.25, 0.3) is 0 Å². The first kappa shape index (κ1) is 12.7. The number of anilines is 1. The molecule has 15 heavy (non-hydrogen) atoms. The van der Waals surface area contributed by atoms with Crippen molar-refractivity contribution in [1.82, 2.24) is 0 Å². The molecule has 0 fully saturated rings. The summed E-state index contributed by atoms with van der Waals surface area (Å²) in [6, 6.07) is 6.00. The first-order chi connectivity index (χ1) is 7.19. The smallest absolute Gasteiger partial charge is 0.0642 e. The molecule has 0 spiro atoms. The zero-order valence-corrected chi connectivity index (χ0v) is 10.8. The number of alkyl halides is 1. The van der Waals surface area contributed by atoms with Gasteiger partial charge in [0.2, 0.25) is 0 Å². The van der Waals surface area contributed by atoms with E-state index in [2.05, 4.69) is 18.9 Å². The van der Waals surface area contributed by atoms with Crippen LogP contribution in [0.4, 0.5) is 5.69 Å². The lowest BCUT2D eigenvalue weighted by molar-refractivity contribution is 0.767. The molecule has 0 aliphatic carbocycles. The molecule has 0 amide bonds. The molecule has 0 aliphatic heterocycles. The van der Waals surface area contributed by atoms with Crippen molar-refractivity contribution in [3.05, 3.63) is 28.8 Å². The molecule has 0 atom stereocenters. The predicted molar refractivity (Wildman–Crippen MR) is 69.2 cm³/mol. The molecule has 0 bridgehead atoms. The Hall–Kier alpha value is -0.400. The number of benzene rings is 1. The topological polar surface area (TPSA) is 3.24 Å². The van der Waals surface area contributed by atoms with Gasteiger partial charge in [0.15, 0.2) is 0 Å². The van der Waals surface area contributed by atoms with Gasteiger partial charge in [0, 0.05) is 19.5 Å². The van der Waals surface area contributed by atoms with Crippen molar-refractivity contribution in [1.29, 1.82) is 0 Å². The van der Waals surface area contributed by atoms with Gasteiger partial charge < -0.3 is 4.90 Å².